The van der Waals surface area contributed by atoms with Gasteiger partial charge in [0.05, 0.1) is 18.2 Å². The highest BCUT2D eigenvalue weighted by Gasteiger charge is 2.23. The fraction of sp³-hybridized carbons (Fsp3) is 0.293. The van der Waals surface area contributed by atoms with Crippen molar-refractivity contribution in [3.05, 3.63) is 119 Å². The third kappa shape index (κ3) is 6.69. The minimum absolute atomic E-state index is 0.0467. The molecule has 3 N–H and O–H groups in total. The molecule has 0 radical (unpaired) electrons. The number of aryl methyl sites for hydroxylation is 1. The van der Waals surface area contributed by atoms with Gasteiger partial charge in [0.25, 0.3) is 0 Å². The number of carbonyl (C=O) groups excluding carboxylic acids is 1. The first-order valence-electron chi connectivity index (χ1n) is 17.1. The summed E-state index contributed by atoms with van der Waals surface area (Å²) in [6.07, 6.45) is 4.15. The Morgan fingerprint density at radius 2 is 1.67 bits per heavy atom. The highest BCUT2D eigenvalue weighted by atomic mass is 16.5. The molecule has 7 heteroatoms. The summed E-state index contributed by atoms with van der Waals surface area (Å²) in [6, 6.07) is 31.9. The van der Waals surface area contributed by atoms with Crippen molar-refractivity contribution < 1.29 is 14.6 Å². The van der Waals surface area contributed by atoms with Gasteiger partial charge >= 0.3 is 0 Å². The molecule has 2 aromatic heterocycles. The van der Waals surface area contributed by atoms with E-state index >= 15 is 0 Å². The molecule has 1 atom stereocenters. The second kappa shape index (κ2) is 14.0. The number of hydrogen-bond acceptors (Lipinski definition) is 4. The van der Waals surface area contributed by atoms with Crippen molar-refractivity contribution in [1.29, 1.82) is 0 Å². The number of carbonyl (C=O) groups is 1. The lowest BCUT2D eigenvalue weighted by Crippen LogP contribution is -2.33. The Balaban J connectivity index is 1.11. The zero-order valence-corrected chi connectivity index (χ0v) is 27.8. The smallest absolute Gasteiger partial charge is 0.225 e. The number of phenols is 1. The van der Waals surface area contributed by atoms with Gasteiger partial charge in [0.15, 0.2) is 0 Å². The van der Waals surface area contributed by atoms with E-state index in [1.54, 1.807) is 6.07 Å². The van der Waals surface area contributed by atoms with Crippen LogP contribution in [0.25, 0.3) is 33.1 Å². The molecule has 1 aliphatic rings. The van der Waals surface area contributed by atoms with Crippen molar-refractivity contribution in [1.82, 2.24) is 19.8 Å². The molecule has 6 aromatic rings. The van der Waals surface area contributed by atoms with Gasteiger partial charge < -0.3 is 24.7 Å². The Labute approximate surface area is 282 Å². The third-order valence-corrected chi connectivity index (χ3v) is 9.74. The summed E-state index contributed by atoms with van der Waals surface area (Å²) >= 11 is 0. The van der Waals surface area contributed by atoms with Crippen LogP contribution in [0, 0.1) is 6.92 Å². The number of ether oxygens (including phenoxy) is 1. The number of piperidine rings is 1. The molecular weight excluding hydrogens is 596 g/mol. The van der Waals surface area contributed by atoms with Gasteiger partial charge in [-0.15, -0.1) is 0 Å². The summed E-state index contributed by atoms with van der Waals surface area (Å²) in [4.78, 5) is 19.8. The average Bonchev–Trinajstić information content (AvgIpc) is 3.60. The molecule has 1 aliphatic heterocycles. The summed E-state index contributed by atoms with van der Waals surface area (Å²) in [5.74, 6) is 1.06. The predicted octanol–water partition coefficient (Wildman–Crippen LogP) is 8.14. The summed E-state index contributed by atoms with van der Waals surface area (Å²) in [5.41, 5.74) is 8.25. The Morgan fingerprint density at radius 3 is 2.46 bits per heavy atom. The van der Waals surface area contributed by atoms with Gasteiger partial charge in [0.2, 0.25) is 5.91 Å². The minimum atomic E-state index is -0.269. The van der Waals surface area contributed by atoms with Gasteiger partial charge in [0, 0.05) is 40.6 Å². The van der Waals surface area contributed by atoms with E-state index in [-0.39, 0.29) is 24.1 Å². The normalized spacial score (nSPS) is 14.4. The van der Waals surface area contributed by atoms with E-state index in [0.717, 1.165) is 67.7 Å². The number of amides is 1. The number of phenolic OH excluding ortho intramolecular Hbond substituents is 1. The van der Waals surface area contributed by atoms with Crippen LogP contribution in [0.5, 0.6) is 11.5 Å². The minimum Gasteiger partial charge on any atom is -0.508 e. The van der Waals surface area contributed by atoms with Gasteiger partial charge in [-0.1, -0.05) is 67.1 Å². The number of aromatic hydroxyl groups is 1. The standard InChI is InChI=1S/C41H44N4O3/c1-28-35-25-32(46)17-20-38(35)45(27-30-15-18-33(19-16-30)48-24-23-44-21-9-4-10-22-44)41(28)29(2)42-39(47)26-36-34-13-7-8-14-37(34)43-40(36)31-11-5-3-6-12-31/h3,5-8,11-20,25,29,43,46H,4,9-10,21-24,26-27H2,1-2H3,(H,42,47)/t29-/m0/s1. The number of aromatic nitrogens is 2. The molecule has 0 spiro atoms. The van der Waals surface area contributed by atoms with Crippen molar-refractivity contribution in [2.24, 2.45) is 0 Å². The van der Waals surface area contributed by atoms with Crippen molar-refractivity contribution in [2.45, 2.75) is 52.1 Å². The third-order valence-electron chi connectivity index (χ3n) is 9.74. The summed E-state index contributed by atoms with van der Waals surface area (Å²) in [6.45, 7) is 8.73. The number of hydrogen-bond donors (Lipinski definition) is 3. The van der Waals surface area contributed by atoms with Crippen LogP contribution < -0.4 is 10.1 Å². The van der Waals surface area contributed by atoms with Crippen LogP contribution in [-0.2, 0) is 17.8 Å². The molecule has 1 amide bonds. The maximum Gasteiger partial charge on any atom is 0.225 e. The number of H-pyrrole nitrogens is 1. The molecule has 1 saturated heterocycles. The number of rotatable bonds is 11. The van der Waals surface area contributed by atoms with Crippen LogP contribution in [0.15, 0.2) is 97.1 Å². The Kier molecular flexibility index (Phi) is 9.21. The predicted molar refractivity (Wildman–Crippen MR) is 194 cm³/mol. The quantitative estimate of drug-likeness (QED) is 0.134. The van der Waals surface area contributed by atoms with Gasteiger partial charge in [-0.25, -0.2) is 0 Å². The first-order valence-corrected chi connectivity index (χ1v) is 17.1. The molecule has 3 heterocycles. The van der Waals surface area contributed by atoms with Crippen LogP contribution >= 0.6 is 0 Å². The van der Waals surface area contributed by atoms with E-state index in [2.05, 4.69) is 63.1 Å². The zero-order chi connectivity index (χ0) is 33.0. The maximum atomic E-state index is 13.8. The van der Waals surface area contributed by atoms with E-state index in [1.165, 1.54) is 32.4 Å². The van der Waals surface area contributed by atoms with Crippen molar-refractivity contribution in [2.75, 3.05) is 26.2 Å². The highest BCUT2D eigenvalue weighted by molar-refractivity contribution is 5.95. The molecule has 0 unspecified atom stereocenters. The monoisotopic (exact) mass is 640 g/mol. The van der Waals surface area contributed by atoms with E-state index in [9.17, 15) is 9.90 Å². The number of nitrogens with zero attached hydrogens (tertiary/aromatic N) is 2. The largest absolute Gasteiger partial charge is 0.508 e. The topological polar surface area (TPSA) is 82.5 Å². The number of likely N-dealkylation sites (tertiary alicyclic amines) is 1. The van der Waals surface area contributed by atoms with E-state index < -0.39 is 0 Å². The van der Waals surface area contributed by atoms with Crippen molar-refractivity contribution in [3.8, 4) is 22.8 Å². The van der Waals surface area contributed by atoms with Crippen LogP contribution in [0.2, 0.25) is 0 Å². The molecule has 0 bridgehead atoms. The fourth-order valence-electron chi connectivity index (χ4n) is 7.36. The first kappa shape index (κ1) is 31.6. The molecule has 1 fully saturated rings. The fourth-order valence-corrected chi connectivity index (χ4v) is 7.36. The van der Waals surface area contributed by atoms with Gasteiger partial charge in [-0.3, -0.25) is 9.69 Å². The molecule has 0 saturated carbocycles. The number of benzene rings is 4. The first-order chi connectivity index (χ1) is 23.4. The molecular formula is C41H44N4O3. The number of fused-ring (bicyclic) bond motifs is 2. The van der Waals surface area contributed by atoms with Crippen molar-refractivity contribution >= 4 is 27.7 Å². The number of aromatic amines is 1. The van der Waals surface area contributed by atoms with Gasteiger partial charge in [-0.2, -0.15) is 0 Å². The number of para-hydroxylation sites is 1. The zero-order valence-electron chi connectivity index (χ0n) is 27.8. The Bertz CT molecular complexity index is 2020. The highest BCUT2D eigenvalue weighted by Crippen LogP contribution is 2.34. The molecule has 4 aromatic carbocycles. The molecule has 0 aliphatic carbocycles. The SMILES string of the molecule is Cc1c([C@H](C)NC(=O)Cc2c(-c3ccccc3)[nH]c3ccccc23)n(Cc2ccc(OCCN3CCCCC3)cc2)c2ccc(O)cc12. The van der Waals surface area contributed by atoms with E-state index in [1.807, 2.05) is 61.5 Å². The lowest BCUT2D eigenvalue weighted by atomic mass is 10.0. The van der Waals surface area contributed by atoms with E-state index in [0.29, 0.717) is 13.2 Å². The number of nitrogens with one attached hydrogen (secondary N) is 2. The lowest BCUT2D eigenvalue weighted by Gasteiger charge is -2.26. The summed E-state index contributed by atoms with van der Waals surface area (Å²) in [5, 5.41) is 15.7. The van der Waals surface area contributed by atoms with Crippen molar-refractivity contribution in [3.63, 3.8) is 0 Å². The van der Waals surface area contributed by atoms with Crippen LogP contribution in [0.3, 0.4) is 0 Å². The van der Waals surface area contributed by atoms with Crippen LogP contribution in [0.1, 0.15) is 54.6 Å². The van der Waals surface area contributed by atoms with Crippen LogP contribution in [0.4, 0.5) is 0 Å². The maximum absolute atomic E-state index is 13.8. The second-order valence-electron chi connectivity index (χ2n) is 13.0. The van der Waals surface area contributed by atoms with Crippen LogP contribution in [-0.4, -0.2) is 51.7 Å². The van der Waals surface area contributed by atoms with Gasteiger partial charge in [-0.05, 0) is 98.4 Å². The van der Waals surface area contributed by atoms with E-state index in [4.69, 9.17) is 4.74 Å². The molecule has 246 valence electrons. The van der Waals surface area contributed by atoms with Gasteiger partial charge in [0.1, 0.15) is 18.1 Å². The second-order valence-corrected chi connectivity index (χ2v) is 13.0. The summed E-state index contributed by atoms with van der Waals surface area (Å²) < 4.78 is 8.35. The Morgan fingerprint density at radius 1 is 0.917 bits per heavy atom. The Hall–Kier alpha value is -5.01. The molecule has 48 heavy (non-hydrogen) atoms. The molecule has 7 nitrogen and oxygen atoms in total. The average molecular weight is 641 g/mol. The molecule has 7 rings (SSSR count). The summed E-state index contributed by atoms with van der Waals surface area (Å²) in [7, 11) is 0. The lowest BCUT2D eigenvalue weighted by molar-refractivity contribution is -0.121.